The molecule has 1 saturated heterocycles. The van der Waals surface area contributed by atoms with Crippen molar-refractivity contribution in [2.75, 3.05) is 37.0 Å². The van der Waals surface area contributed by atoms with Gasteiger partial charge < -0.3 is 10.1 Å². The maximum atomic E-state index is 12.7. The van der Waals surface area contributed by atoms with Gasteiger partial charge in [0.1, 0.15) is 0 Å². The Morgan fingerprint density at radius 2 is 2.03 bits per heavy atom. The molecule has 1 amide bonds. The number of anilines is 1. The first-order chi connectivity index (χ1) is 15.5. The minimum atomic E-state index is 0.00794. The van der Waals surface area contributed by atoms with Crippen LogP contribution in [0.15, 0.2) is 24.3 Å². The van der Waals surface area contributed by atoms with Crippen LogP contribution in [0.2, 0.25) is 0 Å². The number of hydrogen-bond acceptors (Lipinski definition) is 6. The van der Waals surface area contributed by atoms with E-state index in [-0.39, 0.29) is 5.91 Å². The zero-order chi connectivity index (χ0) is 22.7. The summed E-state index contributed by atoms with van der Waals surface area (Å²) in [6, 6.07) is 8.19. The quantitative estimate of drug-likeness (QED) is 0.588. The molecule has 0 atom stereocenters. The third-order valence-corrected chi connectivity index (χ3v) is 6.98. The van der Waals surface area contributed by atoms with Crippen molar-refractivity contribution in [1.82, 2.24) is 19.7 Å². The first kappa shape index (κ1) is 22.6. The maximum Gasteiger partial charge on any atom is 0.242 e. The fourth-order valence-corrected chi connectivity index (χ4v) is 5.31. The Labute approximate surface area is 193 Å². The number of fused-ring (bicyclic) bond motifs is 1. The number of thioether (sulfide) groups is 1. The predicted molar refractivity (Wildman–Crippen MR) is 131 cm³/mol. The predicted octanol–water partition coefficient (Wildman–Crippen LogP) is 3.71. The van der Waals surface area contributed by atoms with Crippen LogP contribution in [0.5, 0.6) is 5.88 Å². The molecule has 0 radical (unpaired) electrons. The number of methoxy groups -OCH3 is 1. The average molecular weight is 454 g/mol. The lowest BCUT2D eigenvalue weighted by Crippen LogP contribution is -2.31. The zero-order valence-corrected chi connectivity index (χ0v) is 20.1. The Hall–Kier alpha value is -2.58. The third kappa shape index (κ3) is 4.91. The topological polar surface area (TPSA) is 72.3 Å². The molecule has 0 unspecified atom stereocenters. The summed E-state index contributed by atoms with van der Waals surface area (Å²) in [5.74, 6) is 2.97. The van der Waals surface area contributed by atoms with Crippen molar-refractivity contribution in [2.24, 2.45) is 7.05 Å². The molecule has 7 nitrogen and oxygen atoms in total. The Balaban J connectivity index is 1.42. The zero-order valence-electron chi connectivity index (χ0n) is 19.3. The van der Waals surface area contributed by atoms with Crippen molar-refractivity contribution in [2.45, 2.75) is 33.2 Å². The molecule has 1 aliphatic heterocycles. The number of carbonyl (C=O) groups is 1. The van der Waals surface area contributed by atoms with Gasteiger partial charge in [0, 0.05) is 56.0 Å². The van der Waals surface area contributed by atoms with Gasteiger partial charge in [0.05, 0.1) is 12.5 Å². The Bertz CT molecular complexity index is 1120. The van der Waals surface area contributed by atoms with Crippen LogP contribution in [0.3, 0.4) is 0 Å². The van der Waals surface area contributed by atoms with Crippen LogP contribution in [0.4, 0.5) is 5.69 Å². The summed E-state index contributed by atoms with van der Waals surface area (Å²) < 4.78 is 7.17. The number of amides is 1. The second-order valence-corrected chi connectivity index (χ2v) is 9.49. The SMILES string of the molecule is COc1nn(C)c2nc(C)c(CCC(=O)Nc3cccc(CN4CCSCC4)c3)c(C)c12. The van der Waals surface area contributed by atoms with Crippen molar-refractivity contribution in [3.05, 3.63) is 46.6 Å². The normalized spacial score (nSPS) is 14.6. The molecule has 1 aliphatic rings. The van der Waals surface area contributed by atoms with Crippen LogP contribution >= 0.6 is 11.8 Å². The molecule has 1 fully saturated rings. The van der Waals surface area contributed by atoms with Gasteiger partial charge in [-0.3, -0.25) is 9.69 Å². The van der Waals surface area contributed by atoms with Crippen LogP contribution in [0.1, 0.15) is 28.8 Å². The summed E-state index contributed by atoms with van der Waals surface area (Å²) >= 11 is 2.02. The summed E-state index contributed by atoms with van der Waals surface area (Å²) in [5, 5.41) is 8.39. The fraction of sp³-hybridized carbons (Fsp3) is 0.458. The number of rotatable bonds is 7. The van der Waals surface area contributed by atoms with Crippen LogP contribution < -0.4 is 10.1 Å². The van der Waals surface area contributed by atoms with Gasteiger partial charge in [-0.1, -0.05) is 12.1 Å². The summed E-state index contributed by atoms with van der Waals surface area (Å²) in [6.45, 7) is 7.22. The number of pyridine rings is 1. The highest BCUT2D eigenvalue weighted by Crippen LogP contribution is 2.30. The molecule has 1 aromatic carbocycles. The lowest BCUT2D eigenvalue weighted by atomic mass is 10.00. The molecule has 0 bridgehead atoms. The van der Waals surface area contributed by atoms with Crippen LogP contribution in [0, 0.1) is 13.8 Å². The number of aromatic nitrogens is 3. The van der Waals surface area contributed by atoms with Gasteiger partial charge in [0.2, 0.25) is 11.8 Å². The van der Waals surface area contributed by atoms with Crippen molar-refractivity contribution in [3.63, 3.8) is 0 Å². The summed E-state index contributed by atoms with van der Waals surface area (Å²) in [6.07, 6.45) is 1.01. The summed E-state index contributed by atoms with van der Waals surface area (Å²) in [5.41, 5.74) is 5.97. The smallest absolute Gasteiger partial charge is 0.242 e. The van der Waals surface area contributed by atoms with E-state index in [1.54, 1.807) is 11.8 Å². The number of nitrogens with one attached hydrogen (secondary N) is 1. The molecule has 32 heavy (non-hydrogen) atoms. The van der Waals surface area contributed by atoms with Crippen LogP contribution in [-0.2, 0) is 24.8 Å². The van der Waals surface area contributed by atoms with Gasteiger partial charge in [0.15, 0.2) is 5.65 Å². The summed E-state index contributed by atoms with van der Waals surface area (Å²) in [7, 11) is 3.48. The monoisotopic (exact) mass is 453 g/mol. The molecule has 0 spiro atoms. The van der Waals surface area contributed by atoms with Crippen molar-refractivity contribution >= 4 is 34.4 Å². The number of benzene rings is 1. The third-order valence-electron chi connectivity index (χ3n) is 6.04. The maximum absolute atomic E-state index is 12.7. The number of carbonyl (C=O) groups excluding carboxylic acids is 1. The molecule has 8 heteroatoms. The first-order valence-electron chi connectivity index (χ1n) is 11.0. The second kappa shape index (κ2) is 9.92. The van der Waals surface area contributed by atoms with Gasteiger partial charge >= 0.3 is 0 Å². The molecule has 2 aromatic heterocycles. The van der Waals surface area contributed by atoms with E-state index in [9.17, 15) is 4.79 Å². The van der Waals surface area contributed by atoms with Gasteiger partial charge in [-0.05, 0) is 49.1 Å². The highest BCUT2D eigenvalue weighted by atomic mass is 32.2. The highest BCUT2D eigenvalue weighted by Gasteiger charge is 2.18. The largest absolute Gasteiger partial charge is 0.479 e. The van der Waals surface area contributed by atoms with Crippen molar-refractivity contribution in [3.8, 4) is 5.88 Å². The molecule has 170 valence electrons. The van der Waals surface area contributed by atoms with E-state index >= 15 is 0 Å². The number of aryl methyl sites for hydroxylation is 3. The minimum Gasteiger partial charge on any atom is -0.479 e. The molecule has 1 N–H and O–H groups in total. The first-order valence-corrected chi connectivity index (χ1v) is 12.2. The van der Waals surface area contributed by atoms with E-state index in [2.05, 4.69) is 34.4 Å². The molecule has 4 rings (SSSR count). The van der Waals surface area contributed by atoms with Gasteiger partial charge in [-0.2, -0.15) is 11.8 Å². The molecular formula is C24H31N5O2S. The van der Waals surface area contributed by atoms with Gasteiger partial charge in [-0.15, -0.1) is 5.10 Å². The van der Waals surface area contributed by atoms with E-state index in [0.29, 0.717) is 18.7 Å². The Morgan fingerprint density at radius 1 is 1.25 bits per heavy atom. The van der Waals surface area contributed by atoms with E-state index in [4.69, 9.17) is 9.72 Å². The lowest BCUT2D eigenvalue weighted by molar-refractivity contribution is -0.116. The van der Waals surface area contributed by atoms with Crippen molar-refractivity contribution < 1.29 is 9.53 Å². The fourth-order valence-electron chi connectivity index (χ4n) is 4.33. The Kier molecular flexibility index (Phi) is 7.01. The molecule has 0 saturated carbocycles. The van der Waals surface area contributed by atoms with Crippen LogP contribution in [0.25, 0.3) is 11.0 Å². The second-order valence-electron chi connectivity index (χ2n) is 8.27. The molecule has 3 heterocycles. The van der Waals surface area contributed by atoms with E-state index in [1.807, 2.05) is 37.9 Å². The average Bonchev–Trinajstić information content (AvgIpc) is 3.10. The number of hydrogen-bond donors (Lipinski definition) is 1. The molecule has 0 aliphatic carbocycles. The number of ether oxygens (including phenoxy) is 1. The minimum absolute atomic E-state index is 0.00794. The summed E-state index contributed by atoms with van der Waals surface area (Å²) in [4.78, 5) is 19.9. The van der Waals surface area contributed by atoms with E-state index < -0.39 is 0 Å². The van der Waals surface area contributed by atoms with E-state index in [0.717, 1.165) is 53.2 Å². The lowest BCUT2D eigenvalue weighted by Gasteiger charge is -2.26. The van der Waals surface area contributed by atoms with Gasteiger partial charge in [-0.25, -0.2) is 9.67 Å². The van der Waals surface area contributed by atoms with Crippen molar-refractivity contribution in [1.29, 1.82) is 0 Å². The standard InChI is InChI=1S/C24H31N5O2S/c1-16-20(17(2)25-23-22(16)24(31-4)27-28(23)3)8-9-21(30)26-19-7-5-6-18(14-19)15-29-10-12-32-13-11-29/h5-7,14H,8-13,15H2,1-4H3,(H,26,30). The molecular weight excluding hydrogens is 422 g/mol. The Morgan fingerprint density at radius 3 is 2.78 bits per heavy atom. The highest BCUT2D eigenvalue weighted by molar-refractivity contribution is 7.99. The van der Waals surface area contributed by atoms with E-state index in [1.165, 1.54) is 17.1 Å². The van der Waals surface area contributed by atoms with Crippen LogP contribution in [-0.4, -0.2) is 57.3 Å². The van der Waals surface area contributed by atoms with Gasteiger partial charge in [0.25, 0.3) is 0 Å². The molecule has 3 aromatic rings. The number of nitrogens with zero attached hydrogens (tertiary/aromatic N) is 4.